The number of fused-ring (bicyclic) bond motifs is 1. The Hall–Kier alpha value is -1.97. The lowest BCUT2D eigenvalue weighted by molar-refractivity contribution is 0.202. The number of benzene rings is 1. The van der Waals surface area contributed by atoms with Crippen LogP contribution in [0.15, 0.2) is 30.5 Å². The monoisotopic (exact) mass is 218 g/mol. The summed E-state index contributed by atoms with van der Waals surface area (Å²) in [6, 6.07) is 7.58. The zero-order chi connectivity index (χ0) is 11.5. The van der Waals surface area contributed by atoms with Gasteiger partial charge in [0.05, 0.1) is 0 Å². The van der Waals surface area contributed by atoms with E-state index in [9.17, 15) is 4.79 Å². The Bertz CT molecular complexity index is 504. The molecule has 1 amide bonds. The van der Waals surface area contributed by atoms with Gasteiger partial charge in [-0.3, -0.25) is 4.90 Å². The SMILES string of the molecule is CCCN(C(=O)O)c1ccc2cc[nH]c2c1. The van der Waals surface area contributed by atoms with Gasteiger partial charge in [0.15, 0.2) is 0 Å². The number of hydrogen-bond acceptors (Lipinski definition) is 1. The molecule has 2 rings (SSSR count). The van der Waals surface area contributed by atoms with Gasteiger partial charge < -0.3 is 10.1 Å². The molecule has 0 aliphatic rings. The molecule has 1 aromatic carbocycles. The van der Waals surface area contributed by atoms with Gasteiger partial charge in [-0.2, -0.15) is 0 Å². The number of carboxylic acid groups (broad SMARTS) is 1. The first-order valence-electron chi connectivity index (χ1n) is 5.30. The normalized spacial score (nSPS) is 10.6. The summed E-state index contributed by atoms with van der Waals surface area (Å²) in [7, 11) is 0. The fourth-order valence-corrected chi connectivity index (χ4v) is 1.76. The van der Waals surface area contributed by atoms with Crippen LogP contribution in [0.5, 0.6) is 0 Å². The maximum Gasteiger partial charge on any atom is 0.411 e. The molecule has 0 aliphatic heterocycles. The number of aromatic amines is 1. The Kier molecular flexibility index (Phi) is 2.81. The van der Waals surface area contributed by atoms with Crippen LogP contribution in [0.1, 0.15) is 13.3 Å². The minimum Gasteiger partial charge on any atom is -0.465 e. The molecule has 0 atom stereocenters. The third kappa shape index (κ3) is 1.86. The number of aromatic nitrogens is 1. The van der Waals surface area contributed by atoms with Gasteiger partial charge in [0, 0.05) is 23.9 Å². The molecule has 2 aromatic rings. The van der Waals surface area contributed by atoms with Crippen LogP contribution >= 0.6 is 0 Å². The van der Waals surface area contributed by atoms with Gasteiger partial charge in [0.25, 0.3) is 0 Å². The van der Waals surface area contributed by atoms with E-state index in [2.05, 4.69) is 4.98 Å². The topological polar surface area (TPSA) is 56.3 Å². The highest BCUT2D eigenvalue weighted by Crippen LogP contribution is 2.21. The molecule has 0 fully saturated rings. The molecule has 4 heteroatoms. The molecule has 0 aliphatic carbocycles. The highest BCUT2D eigenvalue weighted by atomic mass is 16.4. The van der Waals surface area contributed by atoms with Gasteiger partial charge in [-0.05, 0) is 30.0 Å². The summed E-state index contributed by atoms with van der Waals surface area (Å²) in [4.78, 5) is 15.5. The number of anilines is 1. The number of hydrogen-bond donors (Lipinski definition) is 2. The second kappa shape index (κ2) is 4.26. The van der Waals surface area contributed by atoms with E-state index in [1.165, 1.54) is 4.90 Å². The van der Waals surface area contributed by atoms with Gasteiger partial charge >= 0.3 is 6.09 Å². The molecule has 4 nitrogen and oxygen atoms in total. The summed E-state index contributed by atoms with van der Waals surface area (Å²) in [5.41, 5.74) is 1.67. The van der Waals surface area contributed by atoms with Crippen molar-refractivity contribution in [2.45, 2.75) is 13.3 Å². The maximum atomic E-state index is 11.1. The van der Waals surface area contributed by atoms with E-state index in [0.29, 0.717) is 12.2 Å². The zero-order valence-corrected chi connectivity index (χ0v) is 9.10. The molecular formula is C12H14N2O2. The average Bonchev–Trinajstić information content (AvgIpc) is 2.72. The summed E-state index contributed by atoms with van der Waals surface area (Å²) in [6.45, 7) is 2.48. The Balaban J connectivity index is 2.39. The molecule has 16 heavy (non-hydrogen) atoms. The molecule has 1 heterocycles. The number of nitrogens with one attached hydrogen (secondary N) is 1. The molecule has 0 saturated heterocycles. The van der Waals surface area contributed by atoms with E-state index in [-0.39, 0.29) is 0 Å². The Morgan fingerprint density at radius 2 is 2.25 bits per heavy atom. The smallest absolute Gasteiger partial charge is 0.411 e. The Morgan fingerprint density at radius 1 is 1.44 bits per heavy atom. The number of nitrogens with zero attached hydrogens (tertiary/aromatic N) is 1. The van der Waals surface area contributed by atoms with Crippen LogP contribution in [0.4, 0.5) is 10.5 Å². The van der Waals surface area contributed by atoms with Crippen LogP contribution in [-0.4, -0.2) is 22.7 Å². The summed E-state index contributed by atoms with van der Waals surface area (Å²) in [5.74, 6) is 0. The molecule has 0 radical (unpaired) electrons. The standard InChI is InChI=1S/C12H14N2O2/c1-2-7-14(12(15)16)10-4-3-9-5-6-13-11(9)8-10/h3-6,8,13H,2,7H2,1H3,(H,15,16). The van der Waals surface area contributed by atoms with Crippen molar-refractivity contribution in [3.8, 4) is 0 Å². The van der Waals surface area contributed by atoms with Crippen molar-refractivity contribution in [3.63, 3.8) is 0 Å². The molecule has 84 valence electrons. The molecule has 1 aromatic heterocycles. The number of H-pyrrole nitrogens is 1. The fourth-order valence-electron chi connectivity index (χ4n) is 1.76. The second-order valence-corrected chi connectivity index (χ2v) is 3.68. The van der Waals surface area contributed by atoms with E-state index < -0.39 is 6.09 Å². The number of rotatable bonds is 3. The van der Waals surface area contributed by atoms with E-state index in [4.69, 9.17) is 5.11 Å². The average molecular weight is 218 g/mol. The molecular weight excluding hydrogens is 204 g/mol. The van der Waals surface area contributed by atoms with Gasteiger partial charge in [0.1, 0.15) is 0 Å². The maximum absolute atomic E-state index is 11.1. The fraction of sp³-hybridized carbons (Fsp3) is 0.250. The number of amides is 1. The van der Waals surface area contributed by atoms with Gasteiger partial charge in [-0.15, -0.1) is 0 Å². The predicted molar refractivity (Wildman–Crippen MR) is 64.0 cm³/mol. The lowest BCUT2D eigenvalue weighted by Crippen LogP contribution is -2.29. The van der Waals surface area contributed by atoms with E-state index in [0.717, 1.165) is 17.3 Å². The quantitative estimate of drug-likeness (QED) is 0.831. The third-order valence-electron chi connectivity index (χ3n) is 2.53. The molecule has 0 bridgehead atoms. The highest BCUT2D eigenvalue weighted by molar-refractivity contribution is 5.90. The molecule has 2 N–H and O–H groups in total. The summed E-state index contributed by atoms with van der Waals surface area (Å²) in [6.07, 6.45) is 1.74. The van der Waals surface area contributed by atoms with Crippen molar-refractivity contribution < 1.29 is 9.90 Å². The summed E-state index contributed by atoms with van der Waals surface area (Å²) >= 11 is 0. The lowest BCUT2D eigenvalue weighted by atomic mass is 10.2. The molecule has 0 unspecified atom stereocenters. The first-order chi connectivity index (χ1) is 7.72. The predicted octanol–water partition coefficient (Wildman–Crippen LogP) is 3.06. The van der Waals surface area contributed by atoms with Crippen molar-refractivity contribution in [2.24, 2.45) is 0 Å². The van der Waals surface area contributed by atoms with Crippen LogP contribution in [0, 0.1) is 0 Å². The van der Waals surface area contributed by atoms with Crippen LogP contribution < -0.4 is 4.90 Å². The lowest BCUT2D eigenvalue weighted by Gasteiger charge is -2.18. The van der Waals surface area contributed by atoms with Crippen molar-refractivity contribution >= 4 is 22.7 Å². The second-order valence-electron chi connectivity index (χ2n) is 3.68. The van der Waals surface area contributed by atoms with Crippen molar-refractivity contribution in [1.29, 1.82) is 0 Å². The minimum atomic E-state index is -0.909. The Labute approximate surface area is 93.5 Å². The summed E-state index contributed by atoms with van der Waals surface area (Å²) < 4.78 is 0. The van der Waals surface area contributed by atoms with Crippen LogP contribution in [0.3, 0.4) is 0 Å². The van der Waals surface area contributed by atoms with Crippen molar-refractivity contribution in [3.05, 3.63) is 30.5 Å². The van der Waals surface area contributed by atoms with E-state index in [1.807, 2.05) is 37.4 Å². The van der Waals surface area contributed by atoms with Crippen LogP contribution in [0.25, 0.3) is 10.9 Å². The zero-order valence-electron chi connectivity index (χ0n) is 9.10. The van der Waals surface area contributed by atoms with Crippen molar-refractivity contribution in [1.82, 2.24) is 4.98 Å². The first kappa shape index (κ1) is 10.5. The third-order valence-corrected chi connectivity index (χ3v) is 2.53. The van der Waals surface area contributed by atoms with Crippen LogP contribution in [0.2, 0.25) is 0 Å². The Morgan fingerprint density at radius 3 is 2.94 bits per heavy atom. The van der Waals surface area contributed by atoms with Gasteiger partial charge in [0.2, 0.25) is 0 Å². The van der Waals surface area contributed by atoms with Crippen molar-refractivity contribution in [2.75, 3.05) is 11.4 Å². The molecule has 0 spiro atoms. The summed E-state index contributed by atoms with van der Waals surface area (Å²) in [5, 5.41) is 10.2. The van der Waals surface area contributed by atoms with Crippen LogP contribution in [-0.2, 0) is 0 Å². The largest absolute Gasteiger partial charge is 0.465 e. The van der Waals surface area contributed by atoms with Gasteiger partial charge in [-0.25, -0.2) is 4.79 Å². The number of carbonyl (C=O) groups is 1. The van der Waals surface area contributed by atoms with E-state index >= 15 is 0 Å². The van der Waals surface area contributed by atoms with E-state index in [1.54, 1.807) is 0 Å². The molecule has 0 saturated carbocycles. The highest BCUT2D eigenvalue weighted by Gasteiger charge is 2.13. The minimum absolute atomic E-state index is 0.515. The first-order valence-corrected chi connectivity index (χ1v) is 5.30. The van der Waals surface area contributed by atoms with Gasteiger partial charge in [-0.1, -0.05) is 13.0 Å².